The minimum absolute atomic E-state index is 1.13. The van der Waals surface area contributed by atoms with Crippen LogP contribution in [0, 0.1) is 0 Å². The van der Waals surface area contributed by atoms with Crippen LogP contribution in [0.2, 0.25) is 0 Å². The third-order valence-electron chi connectivity index (χ3n) is 9.38. The van der Waals surface area contributed by atoms with E-state index in [9.17, 15) is 0 Å². The molecule has 0 fully saturated rings. The molecule has 0 unspecified atom stereocenters. The summed E-state index contributed by atoms with van der Waals surface area (Å²) in [6.45, 7) is 0. The van der Waals surface area contributed by atoms with Crippen LogP contribution in [0.25, 0.3) is 60.6 Å². The first-order valence-electron chi connectivity index (χ1n) is 16.4. The summed E-state index contributed by atoms with van der Waals surface area (Å²) in [5.41, 5.74) is 13.2. The molecule has 0 saturated heterocycles. The van der Waals surface area contributed by atoms with Crippen molar-refractivity contribution in [3.05, 3.63) is 194 Å². The molecule has 0 bridgehead atoms. The fraction of sp³-hybridized carbons (Fsp3) is 0. The third kappa shape index (κ3) is 4.83. The minimum Gasteiger partial charge on any atom is -0.315 e. The maximum absolute atomic E-state index is 2.38. The summed E-state index contributed by atoms with van der Waals surface area (Å²) >= 11 is 0. The zero-order valence-electron chi connectivity index (χ0n) is 26.4. The fourth-order valence-electron chi connectivity index (χ4n) is 7.10. The van der Waals surface area contributed by atoms with Crippen LogP contribution in [0.1, 0.15) is 0 Å². The molecule has 9 rings (SSSR count). The highest BCUT2D eigenvalue weighted by molar-refractivity contribution is 6.09. The summed E-state index contributed by atoms with van der Waals surface area (Å²) in [7, 11) is 0. The van der Waals surface area contributed by atoms with Crippen molar-refractivity contribution < 1.29 is 0 Å². The molecule has 0 spiro atoms. The average Bonchev–Trinajstić information content (AvgIpc) is 3.48. The largest absolute Gasteiger partial charge is 0.315 e. The molecule has 9 aromatic rings. The van der Waals surface area contributed by atoms with E-state index < -0.39 is 0 Å². The van der Waals surface area contributed by atoms with Crippen LogP contribution in [-0.2, 0) is 0 Å². The predicted octanol–water partition coefficient (Wildman–Crippen LogP) is 12.7. The SMILES string of the molecule is c1ccc(-c2c3ccccc3n3cc4cccc(-c5ccc(-c6ccc(N(c7ccccc7)c7ccccc7)cc6)cc5)c4cc23)cc1. The second kappa shape index (κ2) is 11.8. The summed E-state index contributed by atoms with van der Waals surface area (Å²) in [5.74, 6) is 0. The van der Waals surface area contributed by atoms with Crippen molar-refractivity contribution in [2.45, 2.75) is 0 Å². The maximum atomic E-state index is 2.38. The van der Waals surface area contributed by atoms with Crippen LogP contribution in [0.5, 0.6) is 0 Å². The van der Waals surface area contributed by atoms with Crippen LogP contribution in [-0.4, -0.2) is 4.40 Å². The number of fused-ring (bicyclic) bond motifs is 4. The number of hydrogen-bond acceptors (Lipinski definition) is 1. The molecule has 0 N–H and O–H groups in total. The Labute approximate surface area is 280 Å². The van der Waals surface area contributed by atoms with E-state index in [1.807, 2.05) is 0 Å². The summed E-state index contributed by atoms with van der Waals surface area (Å²) in [4.78, 5) is 2.29. The van der Waals surface area contributed by atoms with E-state index in [0.717, 1.165) is 17.1 Å². The van der Waals surface area contributed by atoms with Gasteiger partial charge in [0.1, 0.15) is 0 Å². The predicted molar refractivity (Wildman–Crippen MR) is 203 cm³/mol. The molecule has 0 aliphatic rings. The molecule has 2 nitrogen and oxygen atoms in total. The minimum atomic E-state index is 1.13. The molecule has 0 aliphatic heterocycles. The number of rotatable bonds is 6. The quantitative estimate of drug-likeness (QED) is 0.181. The van der Waals surface area contributed by atoms with Gasteiger partial charge < -0.3 is 9.30 Å². The number of pyridine rings is 1. The van der Waals surface area contributed by atoms with E-state index in [-0.39, 0.29) is 0 Å². The van der Waals surface area contributed by atoms with Crippen LogP contribution >= 0.6 is 0 Å². The molecule has 0 saturated carbocycles. The first kappa shape index (κ1) is 27.9. The number of benzene rings is 7. The molecule has 0 atom stereocenters. The molecule has 2 heteroatoms. The van der Waals surface area contributed by atoms with E-state index in [4.69, 9.17) is 0 Å². The summed E-state index contributed by atoms with van der Waals surface area (Å²) in [6.07, 6.45) is 2.30. The summed E-state index contributed by atoms with van der Waals surface area (Å²) in [6, 6.07) is 67.4. The molecule has 0 radical (unpaired) electrons. The van der Waals surface area contributed by atoms with Crippen molar-refractivity contribution in [1.82, 2.24) is 4.40 Å². The Morgan fingerprint density at radius 2 is 0.896 bits per heavy atom. The molecule has 2 aromatic heterocycles. The molecule has 7 aromatic carbocycles. The Balaban J connectivity index is 1.09. The summed E-state index contributed by atoms with van der Waals surface area (Å²) in [5, 5.41) is 3.75. The molecular weight excluding hydrogens is 581 g/mol. The highest BCUT2D eigenvalue weighted by atomic mass is 15.1. The zero-order valence-corrected chi connectivity index (χ0v) is 26.4. The standard InChI is InChI=1S/C46H32N2/c1-4-13-36(14-5-1)46-42-20-10-11-22-44(42)47-32-37-15-12-21-41(43(37)31-45(46)47)35-25-23-33(24-26-35)34-27-29-40(30-28-34)48(38-16-6-2-7-17-38)39-18-8-3-9-19-39/h1-32H. The number of nitrogens with zero attached hydrogens (tertiary/aromatic N) is 2. The van der Waals surface area contributed by atoms with E-state index in [2.05, 4.69) is 204 Å². The maximum Gasteiger partial charge on any atom is 0.0547 e. The van der Waals surface area contributed by atoms with Gasteiger partial charge in [-0.2, -0.15) is 0 Å². The van der Waals surface area contributed by atoms with E-state index >= 15 is 0 Å². The lowest BCUT2D eigenvalue weighted by Gasteiger charge is -2.25. The van der Waals surface area contributed by atoms with Gasteiger partial charge in [0, 0.05) is 34.2 Å². The first-order valence-corrected chi connectivity index (χ1v) is 16.4. The van der Waals surface area contributed by atoms with Gasteiger partial charge in [0.15, 0.2) is 0 Å². The van der Waals surface area contributed by atoms with E-state index in [0.29, 0.717) is 0 Å². The smallest absolute Gasteiger partial charge is 0.0547 e. The van der Waals surface area contributed by atoms with Gasteiger partial charge in [0.05, 0.1) is 11.0 Å². The van der Waals surface area contributed by atoms with Gasteiger partial charge in [-0.1, -0.05) is 140 Å². The van der Waals surface area contributed by atoms with Crippen molar-refractivity contribution in [2.24, 2.45) is 0 Å². The van der Waals surface area contributed by atoms with Crippen molar-refractivity contribution >= 4 is 44.3 Å². The van der Waals surface area contributed by atoms with Crippen molar-refractivity contribution in [2.75, 3.05) is 4.90 Å². The van der Waals surface area contributed by atoms with Crippen LogP contribution in [0.15, 0.2) is 194 Å². The Morgan fingerprint density at radius 3 is 1.56 bits per heavy atom. The number of anilines is 3. The lowest BCUT2D eigenvalue weighted by molar-refractivity contribution is 1.28. The molecule has 0 amide bonds. The normalized spacial score (nSPS) is 11.3. The Bertz CT molecular complexity index is 2470. The van der Waals surface area contributed by atoms with Crippen molar-refractivity contribution in [3.63, 3.8) is 0 Å². The van der Waals surface area contributed by atoms with Gasteiger partial charge >= 0.3 is 0 Å². The first-order chi connectivity index (χ1) is 23.8. The lowest BCUT2D eigenvalue weighted by Crippen LogP contribution is -2.09. The number of aromatic nitrogens is 1. The molecular formula is C46H32N2. The topological polar surface area (TPSA) is 7.65 Å². The van der Waals surface area contributed by atoms with Gasteiger partial charge in [0.25, 0.3) is 0 Å². The fourth-order valence-corrected chi connectivity index (χ4v) is 7.10. The Hall–Kier alpha value is -6.38. The molecule has 48 heavy (non-hydrogen) atoms. The second-order valence-corrected chi connectivity index (χ2v) is 12.2. The van der Waals surface area contributed by atoms with Gasteiger partial charge in [-0.05, 0) is 87.1 Å². The van der Waals surface area contributed by atoms with Gasteiger partial charge in [-0.3, -0.25) is 0 Å². The van der Waals surface area contributed by atoms with Crippen LogP contribution in [0.4, 0.5) is 17.1 Å². The van der Waals surface area contributed by atoms with Gasteiger partial charge in [-0.25, -0.2) is 0 Å². The summed E-state index contributed by atoms with van der Waals surface area (Å²) < 4.78 is 2.35. The Kier molecular flexibility index (Phi) is 6.84. The second-order valence-electron chi connectivity index (χ2n) is 12.2. The number of hydrogen-bond donors (Lipinski definition) is 0. The van der Waals surface area contributed by atoms with Crippen molar-refractivity contribution in [3.8, 4) is 33.4 Å². The lowest BCUT2D eigenvalue weighted by atomic mass is 9.96. The number of para-hydroxylation sites is 3. The molecule has 0 aliphatic carbocycles. The third-order valence-corrected chi connectivity index (χ3v) is 9.38. The molecule has 2 heterocycles. The van der Waals surface area contributed by atoms with Crippen molar-refractivity contribution in [1.29, 1.82) is 0 Å². The van der Waals surface area contributed by atoms with E-state index in [1.165, 1.54) is 60.6 Å². The van der Waals surface area contributed by atoms with E-state index in [1.54, 1.807) is 0 Å². The van der Waals surface area contributed by atoms with Crippen LogP contribution in [0.3, 0.4) is 0 Å². The van der Waals surface area contributed by atoms with Crippen LogP contribution < -0.4 is 4.90 Å². The van der Waals surface area contributed by atoms with Gasteiger partial charge in [-0.15, -0.1) is 0 Å². The monoisotopic (exact) mass is 612 g/mol. The Morgan fingerprint density at radius 1 is 0.354 bits per heavy atom. The highest BCUT2D eigenvalue weighted by Gasteiger charge is 2.16. The average molecular weight is 613 g/mol. The zero-order chi connectivity index (χ0) is 31.9. The highest BCUT2D eigenvalue weighted by Crippen LogP contribution is 2.40. The van der Waals surface area contributed by atoms with Gasteiger partial charge in [0.2, 0.25) is 0 Å². The molecule has 226 valence electrons.